The summed E-state index contributed by atoms with van der Waals surface area (Å²) >= 11 is 1.35. The maximum absolute atomic E-state index is 13.1. The van der Waals surface area contributed by atoms with Crippen LogP contribution in [0.3, 0.4) is 0 Å². The van der Waals surface area contributed by atoms with E-state index >= 15 is 0 Å². The number of pyridine rings is 1. The minimum absolute atomic E-state index is 0.0351. The Hall–Kier alpha value is -2.90. The molecule has 30 heavy (non-hydrogen) atoms. The van der Waals surface area contributed by atoms with Gasteiger partial charge in [0.15, 0.2) is 5.78 Å². The maximum atomic E-state index is 13.1. The van der Waals surface area contributed by atoms with E-state index < -0.39 is 0 Å². The van der Waals surface area contributed by atoms with E-state index in [0.717, 1.165) is 34.3 Å². The molecule has 5 rings (SSSR count). The van der Waals surface area contributed by atoms with Crippen molar-refractivity contribution in [3.8, 4) is 0 Å². The van der Waals surface area contributed by atoms with Crippen molar-refractivity contribution in [2.24, 2.45) is 0 Å². The zero-order chi connectivity index (χ0) is 20.9. The molecule has 1 aliphatic heterocycles. The first-order valence-corrected chi connectivity index (χ1v) is 10.8. The number of nitrogens with zero attached hydrogens (tertiary/aromatic N) is 3. The fourth-order valence-corrected chi connectivity index (χ4v) is 4.90. The van der Waals surface area contributed by atoms with E-state index in [9.17, 15) is 9.59 Å². The normalized spacial score (nSPS) is 18.6. The average Bonchev–Trinajstić information content (AvgIpc) is 3.13. The predicted octanol–water partition coefficient (Wildman–Crippen LogP) is 4.13. The van der Waals surface area contributed by atoms with Gasteiger partial charge >= 0.3 is 0 Å². The largest absolute Gasteiger partial charge is 0.370 e. The molecule has 4 heterocycles. The van der Waals surface area contributed by atoms with Crippen LogP contribution in [0.1, 0.15) is 41.9 Å². The fraction of sp³-hybridized carbons (Fsp3) is 0.304. The van der Waals surface area contributed by atoms with Crippen molar-refractivity contribution in [3.63, 3.8) is 0 Å². The minimum Gasteiger partial charge on any atom is -0.370 e. The summed E-state index contributed by atoms with van der Waals surface area (Å²) in [5.74, 6) is -0.121. The van der Waals surface area contributed by atoms with Crippen molar-refractivity contribution in [2.45, 2.75) is 45.4 Å². The molecule has 1 aliphatic rings. The molecule has 0 fully saturated rings. The van der Waals surface area contributed by atoms with Crippen LogP contribution in [0.4, 0.5) is 0 Å². The third kappa shape index (κ3) is 3.14. The molecule has 0 saturated heterocycles. The Morgan fingerprint density at radius 3 is 2.87 bits per heavy atom. The molecule has 1 aromatic carbocycles. The molecule has 7 heteroatoms. The lowest BCUT2D eigenvalue weighted by atomic mass is 9.91. The van der Waals surface area contributed by atoms with Gasteiger partial charge in [0.05, 0.1) is 36.3 Å². The Morgan fingerprint density at radius 2 is 2.10 bits per heavy atom. The number of hydrogen-bond acceptors (Lipinski definition) is 6. The van der Waals surface area contributed by atoms with Gasteiger partial charge in [0, 0.05) is 22.9 Å². The summed E-state index contributed by atoms with van der Waals surface area (Å²) in [6.07, 6.45) is 3.13. The van der Waals surface area contributed by atoms with Crippen molar-refractivity contribution in [3.05, 3.63) is 69.9 Å². The molecular formula is C23H21N3O3S. The van der Waals surface area contributed by atoms with E-state index in [4.69, 9.17) is 9.72 Å². The third-order valence-corrected chi connectivity index (χ3v) is 6.96. The van der Waals surface area contributed by atoms with Crippen LogP contribution in [0.25, 0.3) is 20.4 Å². The molecule has 4 aromatic rings. The first-order valence-electron chi connectivity index (χ1n) is 10.00. The van der Waals surface area contributed by atoms with Crippen LogP contribution in [0.2, 0.25) is 0 Å². The molecular weight excluding hydrogens is 398 g/mol. The number of carbonyl (C=O) groups is 1. The monoisotopic (exact) mass is 419 g/mol. The molecule has 6 nitrogen and oxygen atoms in total. The molecule has 0 N–H and O–H groups in total. The van der Waals surface area contributed by atoms with E-state index in [0.29, 0.717) is 22.4 Å². The van der Waals surface area contributed by atoms with Gasteiger partial charge in [0.2, 0.25) is 0 Å². The van der Waals surface area contributed by atoms with Crippen molar-refractivity contribution in [2.75, 3.05) is 0 Å². The number of ketones is 1. The van der Waals surface area contributed by atoms with Crippen molar-refractivity contribution < 1.29 is 9.53 Å². The van der Waals surface area contributed by atoms with E-state index in [-0.39, 0.29) is 23.5 Å². The summed E-state index contributed by atoms with van der Waals surface area (Å²) in [7, 11) is 0. The average molecular weight is 420 g/mol. The molecule has 3 aromatic heterocycles. The molecule has 0 aliphatic carbocycles. The predicted molar refractivity (Wildman–Crippen MR) is 117 cm³/mol. The van der Waals surface area contributed by atoms with Crippen molar-refractivity contribution >= 4 is 37.6 Å². The van der Waals surface area contributed by atoms with E-state index in [2.05, 4.69) is 24.9 Å². The smallest absolute Gasteiger partial charge is 0.271 e. The molecule has 0 radical (unpaired) electrons. The summed E-state index contributed by atoms with van der Waals surface area (Å²) < 4.78 is 7.96. The fourth-order valence-electron chi connectivity index (χ4n) is 3.82. The van der Waals surface area contributed by atoms with Gasteiger partial charge in [0.1, 0.15) is 9.53 Å². The Kier molecular flexibility index (Phi) is 4.52. The highest BCUT2D eigenvalue weighted by atomic mass is 32.1. The lowest BCUT2D eigenvalue weighted by Gasteiger charge is -2.33. The minimum atomic E-state index is -0.208. The topological polar surface area (TPSA) is 74.1 Å². The Balaban J connectivity index is 1.56. The second kappa shape index (κ2) is 7.11. The second-order valence-corrected chi connectivity index (χ2v) is 8.96. The van der Waals surface area contributed by atoms with Gasteiger partial charge < -0.3 is 4.74 Å². The lowest BCUT2D eigenvalue weighted by molar-refractivity contribution is -0.0573. The second-order valence-electron chi connectivity index (χ2n) is 7.96. The van der Waals surface area contributed by atoms with Crippen LogP contribution in [0.5, 0.6) is 0 Å². The van der Waals surface area contributed by atoms with Crippen LogP contribution < -0.4 is 5.56 Å². The highest BCUT2D eigenvalue weighted by molar-refractivity contribution is 7.25. The standard InChI is InChI=1S/C23H21N3O3S/c1-3-23(2)10-17-15(12-29-23)9-16-19-20(30-21(16)25-17)22(28)26(13-24-19)11-18(27)14-7-5-4-6-8-14/h4-9,13H,3,10-12H2,1-2H3/t23-/m1/s1. The summed E-state index contributed by atoms with van der Waals surface area (Å²) in [5.41, 5.74) is 2.90. The lowest BCUT2D eigenvalue weighted by Crippen LogP contribution is -2.35. The number of aromatic nitrogens is 3. The van der Waals surface area contributed by atoms with Gasteiger partial charge in [-0.05, 0) is 19.4 Å². The van der Waals surface area contributed by atoms with Gasteiger partial charge in [-0.15, -0.1) is 11.3 Å². The number of rotatable bonds is 4. The number of hydrogen-bond donors (Lipinski definition) is 0. The number of Topliss-reactive ketones (excluding diaryl/α,β-unsaturated/α-hetero) is 1. The van der Waals surface area contributed by atoms with Crippen LogP contribution >= 0.6 is 11.3 Å². The first kappa shape index (κ1) is 19.1. The molecule has 0 unspecified atom stereocenters. The van der Waals surface area contributed by atoms with Crippen molar-refractivity contribution in [1.82, 2.24) is 14.5 Å². The molecule has 0 spiro atoms. The summed E-state index contributed by atoms with van der Waals surface area (Å²) in [6.45, 7) is 4.71. The zero-order valence-corrected chi connectivity index (χ0v) is 17.7. The van der Waals surface area contributed by atoms with Crippen LogP contribution in [-0.4, -0.2) is 25.9 Å². The van der Waals surface area contributed by atoms with Crippen LogP contribution in [0.15, 0.2) is 47.5 Å². The number of fused-ring (bicyclic) bond motifs is 4. The Morgan fingerprint density at radius 1 is 1.30 bits per heavy atom. The van der Waals surface area contributed by atoms with Gasteiger partial charge in [-0.1, -0.05) is 37.3 Å². The highest BCUT2D eigenvalue weighted by Gasteiger charge is 2.31. The Bertz CT molecular complexity index is 1340. The number of benzene rings is 1. The number of carbonyl (C=O) groups excluding carboxylic acids is 1. The van der Waals surface area contributed by atoms with E-state index in [1.807, 2.05) is 18.2 Å². The van der Waals surface area contributed by atoms with Crippen molar-refractivity contribution in [1.29, 1.82) is 0 Å². The van der Waals surface area contributed by atoms with Crippen LogP contribution in [0, 0.1) is 0 Å². The number of ether oxygens (including phenoxy) is 1. The molecule has 0 amide bonds. The van der Waals surface area contributed by atoms with Gasteiger partial charge in [-0.25, -0.2) is 9.97 Å². The molecule has 0 bridgehead atoms. The van der Waals surface area contributed by atoms with E-state index in [1.165, 1.54) is 22.2 Å². The SMILES string of the molecule is CC[C@]1(C)Cc2nc3sc4c(=O)n(CC(=O)c5ccccc5)cnc4c3cc2CO1. The highest BCUT2D eigenvalue weighted by Crippen LogP contribution is 2.35. The summed E-state index contributed by atoms with van der Waals surface area (Å²) in [5, 5.41) is 0.871. The van der Waals surface area contributed by atoms with E-state index in [1.54, 1.807) is 12.1 Å². The quantitative estimate of drug-likeness (QED) is 0.465. The molecule has 0 saturated carbocycles. The zero-order valence-electron chi connectivity index (χ0n) is 16.8. The molecule has 1 atom stereocenters. The number of thiophene rings is 1. The first-order chi connectivity index (χ1) is 14.5. The maximum Gasteiger partial charge on any atom is 0.271 e. The summed E-state index contributed by atoms with van der Waals surface area (Å²) in [6, 6.07) is 11.0. The van der Waals surface area contributed by atoms with Gasteiger partial charge in [-0.2, -0.15) is 0 Å². The Labute approximate surface area is 177 Å². The van der Waals surface area contributed by atoms with Gasteiger partial charge in [0.25, 0.3) is 5.56 Å². The molecule has 152 valence electrons. The third-order valence-electron chi connectivity index (χ3n) is 5.88. The van der Waals surface area contributed by atoms with Gasteiger partial charge in [-0.3, -0.25) is 14.2 Å². The summed E-state index contributed by atoms with van der Waals surface area (Å²) in [4.78, 5) is 35.8. The van der Waals surface area contributed by atoms with Crippen LogP contribution in [-0.2, 0) is 24.3 Å².